The van der Waals surface area contributed by atoms with Gasteiger partial charge in [-0.3, -0.25) is 9.48 Å². The standard InChI is InChI=1S/C18H20ClN3OS/c1-10(2)9-22-18-14(12(4)21-22)8-16(24-18)17(23)20-15-6-5-13(19)7-11(15)3/h5-8,10H,9H2,1-4H3,(H,20,23). The third-order valence-electron chi connectivity index (χ3n) is 3.81. The molecule has 3 aromatic rings. The smallest absolute Gasteiger partial charge is 0.265 e. The van der Waals surface area contributed by atoms with Crippen molar-refractivity contribution in [2.75, 3.05) is 5.32 Å². The zero-order chi connectivity index (χ0) is 17.4. The van der Waals surface area contributed by atoms with Crippen molar-refractivity contribution in [2.24, 2.45) is 5.92 Å². The van der Waals surface area contributed by atoms with Crippen LogP contribution in [0.25, 0.3) is 10.2 Å². The molecule has 0 bridgehead atoms. The van der Waals surface area contributed by atoms with E-state index in [9.17, 15) is 4.79 Å². The molecule has 126 valence electrons. The first-order valence-electron chi connectivity index (χ1n) is 7.89. The SMILES string of the molecule is Cc1cc(Cl)ccc1NC(=O)c1cc2c(C)nn(CC(C)C)c2s1. The van der Waals surface area contributed by atoms with Gasteiger partial charge in [0.25, 0.3) is 5.91 Å². The Balaban J connectivity index is 1.90. The number of rotatable bonds is 4. The molecule has 0 aliphatic heterocycles. The first-order chi connectivity index (χ1) is 11.3. The molecule has 0 aliphatic carbocycles. The Kier molecular flexibility index (Phi) is 4.65. The van der Waals surface area contributed by atoms with Crippen LogP contribution < -0.4 is 5.32 Å². The van der Waals surface area contributed by atoms with Gasteiger partial charge >= 0.3 is 0 Å². The van der Waals surface area contributed by atoms with E-state index >= 15 is 0 Å². The number of amides is 1. The minimum absolute atomic E-state index is 0.0999. The molecule has 4 nitrogen and oxygen atoms in total. The van der Waals surface area contributed by atoms with Crippen molar-refractivity contribution in [3.05, 3.63) is 45.4 Å². The lowest BCUT2D eigenvalue weighted by molar-refractivity contribution is 0.103. The van der Waals surface area contributed by atoms with Crippen LogP contribution in [-0.4, -0.2) is 15.7 Å². The van der Waals surface area contributed by atoms with E-state index in [1.165, 1.54) is 11.3 Å². The lowest BCUT2D eigenvalue weighted by Gasteiger charge is -2.07. The third-order valence-corrected chi connectivity index (χ3v) is 5.19. The summed E-state index contributed by atoms with van der Waals surface area (Å²) in [4.78, 5) is 14.3. The van der Waals surface area contributed by atoms with Crippen molar-refractivity contribution in [1.82, 2.24) is 9.78 Å². The highest BCUT2D eigenvalue weighted by atomic mass is 35.5. The van der Waals surface area contributed by atoms with Gasteiger partial charge in [0.2, 0.25) is 0 Å². The van der Waals surface area contributed by atoms with E-state index in [2.05, 4.69) is 24.3 Å². The van der Waals surface area contributed by atoms with Crippen LogP contribution >= 0.6 is 22.9 Å². The van der Waals surface area contributed by atoms with E-state index in [1.54, 1.807) is 6.07 Å². The van der Waals surface area contributed by atoms with Crippen molar-refractivity contribution in [3.63, 3.8) is 0 Å². The maximum absolute atomic E-state index is 12.6. The molecule has 0 atom stereocenters. The summed E-state index contributed by atoms with van der Waals surface area (Å²) >= 11 is 7.45. The predicted octanol–water partition coefficient (Wildman–Crippen LogP) is 5.28. The van der Waals surface area contributed by atoms with Crippen molar-refractivity contribution >= 4 is 44.7 Å². The Hall–Kier alpha value is -1.85. The van der Waals surface area contributed by atoms with E-state index in [4.69, 9.17) is 11.6 Å². The number of thiophene rings is 1. The first kappa shape index (κ1) is 17.0. The van der Waals surface area contributed by atoms with Crippen LogP contribution in [0.4, 0.5) is 5.69 Å². The van der Waals surface area contributed by atoms with E-state index in [-0.39, 0.29) is 5.91 Å². The molecule has 24 heavy (non-hydrogen) atoms. The fraction of sp³-hybridized carbons (Fsp3) is 0.333. The number of hydrogen-bond donors (Lipinski definition) is 1. The van der Waals surface area contributed by atoms with Crippen LogP contribution in [0.15, 0.2) is 24.3 Å². The Morgan fingerprint density at radius 2 is 2.08 bits per heavy atom. The van der Waals surface area contributed by atoms with E-state index < -0.39 is 0 Å². The lowest BCUT2D eigenvalue weighted by Crippen LogP contribution is -2.11. The summed E-state index contributed by atoms with van der Waals surface area (Å²) in [7, 11) is 0. The first-order valence-corrected chi connectivity index (χ1v) is 9.09. The highest BCUT2D eigenvalue weighted by molar-refractivity contribution is 7.20. The Morgan fingerprint density at radius 3 is 2.75 bits per heavy atom. The molecule has 0 spiro atoms. The van der Waals surface area contributed by atoms with Gasteiger partial charge in [-0.05, 0) is 49.6 Å². The molecular formula is C18H20ClN3OS. The number of carbonyl (C=O) groups is 1. The normalized spacial score (nSPS) is 11.4. The van der Waals surface area contributed by atoms with Gasteiger partial charge in [0.15, 0.2) is 0 Å². The summed E-state index contributed by atoms with van der Waals surface area (Å²) in [6.07, 6.45) is 0. The number of carbonyl (C=O) groups excluding carboxylic acids is 1. The second-order valence-electron chi connectivity index (χ2n) is 6.40. The maximum atomic E-state index is 12.6. The van der Waals surface area contributed by atoms with Gasteiger partial charge in [-0.1, -0.05) is 25.4 Å². The van der Waals surface area contributed by atoms with Crippen LogP contribution in [0.5, 0.6) is 0 Å². The van der Waals surface area contributed by atoms with Gasteiger partial charge in [0.1, 0.15) is 4.83 Å². The number of hydrogen-bond acceptors (Lipinski definition) is 3. The highest BCUT2D eigenvalue weighted by Gasteiger charge is 2.17. The molecule has 1 aromatic carbocycles. The summed E-state index contributed by atoms with van der Waals surface area (Å²) < 4.78 is 2.00. The topological polar surface area (TPSA) is 46.9 Å². The summed E-state index contributed by atoms with van der Waals surface area (Å²) in [5.74, 6) is 0.403. The zero-order valence-corrected chi connectivity index (χ0v) is 15.8. The molecule has 1 N–H and O–H groups in total. The molecule has 1 amide bonds. The van der Waals surface area contributed by atoms with E-state index in [1.807, 2.05) is 36.7 Å². The van der Waals surface area contributed by atoms with E-state index in [0.717, 1.165) is 33.7 Å². The van der Waals surface area contributed by atoms with Gasteiger partial charge in [0.05, 0.1) is 10.6 Å². The third kappa shape index (κ3) is 3.32. The van der Waals surface area contributed by atoms with Crippen LogP contribution in [0.1, 0.15) is 34.8 Å². The Bertz CT molecular complexity index is 911. The van der Waals surface area contributed by atoms with Crippen molar-refractivity contribution in [2.45, 2.75) is 34.2 Å². The number of nitrogens with zero attached hydrogens (tertiary/aromatic N) is 2. The van der Waals surface area contributed by atoms with Crippen LogP contribution in [0, 0.1) is 19.8 Å². The molecule has 0 saturated heterocycles. The number of aryl methyl sites for hydroxylation is 2. The van der Waals surface area contributed by atoms with Gasteiger partial charge in [-0.25, -0.2) is 0 Å². The molecule has 0 saturated carbocycles. The van der Waals surface area contributed by atoms with Crippen molar-refractivity contribution in [3.8, 4) is 0 Å². The highest BCUT2D eigenvalue weighted by Crippen LogP contribution is 2.30. The molecule has 0 aliphatic rings. The predicted molar refractivity (Wildman–Crippen MR) is 101 cm³/mol. The summed E-state index contributed by atoms with van der Waals surface area (Å²) in [5, 5.41) is 9.26. The van der Waals surface area contributed by atoms with Gasteiger partial charge in [-0.15, -0.1) is 11.3 Å². The number of anilines is 1. The van der Waals surface area contributed by atoms with Crippen LogP contribution in [0.2, 0.25) is 5.02 Å². The fourth-order valence-electron chi connectivity index (χ4n) is 2.65. The summed E-state index contributed by atoms with van der Waals surface area (Å²) in [6.45, 7) is 9.08. The quantitative estimate of drug-likeness (QED) is 0.687. The van der Waals surface area contributed by atoms with Crippen molar-refractivity contribution < 1.29 is 4.79 Å². The molecular weight excluding hydrogens is 342 g/mol. The summed E-state index contributed by atoms with van der Waals surface area (Å²) in [5.41, 5.74) is 2.69. The Morgan fingerprint density at radius 1 is 1.33 bits per heavy atom. The molecule has 0 radical (unpaired) electrons. The molecule has 3 rings (SSSR count). The number of benzene rings is 1. The summed E-state index contributed by atoms with van der Waals surface area (Å²) in [6, 6.07) is 7.38. The Labute approximate surface area is 150 Å². The zero-order valence-electron chi connectivity index (χ0n) is 14.2. The number of aromatic nitrogens is 2. The largest absolute Gasteiger partial charge is 0.321 e. The van der Waals surface area contributed by atoms with Gasteiger partial charge in [0, 0.05) is 22.6 Å². The maximum Gasteiger partial charge on any atom is 0.265 e. The average Bonchev–Trinajstić information content (AvgIpc) is 3.04. The van der Waals surface area contributed by atoms with Crippen molar-refractivity contribution in [1.29, 1.82) is 0 Å². The monoisotopic (exact) mass is 361 g/mol. The molecule has 2 heterocycles. The second-order valence-corrected chi connectivity index (χ2v) is 7.87. The number of fused-ring (bicyclic) bond motifs is 1. The molecule has 0 fully saturated rings. The fourth-order valence-corrected chi connectivity index (χ4v) is 3.94. The molecule has 6 heteroatoms. The average molecular weight is 362 g/mol. The minimum atomic E-state index is -0.0999. The lowest BCUT2D eigenvalue weighted by atomic mass is 10.2. The van der Waals surface area contributed by atoms with Gasteiger partial charge in [-0.2, -0.15) is 5.10 Å². The number of halogens is 1. The second kappa shape index (κ2) is 6.57. The molecule has 2 aromatic heterocycles. The van der Waals surface area contributed by atoms with Gasteiger partial charge < -0.3 is 5.32 Å². The van der Waals surface area contributed by atoms with Crippen LogP contribution in [0.3, 0.4) is 0 Å². The molecule has 0 unspecified atom stereocenters. The van der Waals surface area contributed by atoms with Crippen LogP contribution in [-0.2, 0) is 6.54 Å². The minimum Gasteiger partial charge on any atom is -0.321 e. The van der Waals surface area contributed by atoms with E-state index in [0.29, 0.717) is 15.8 Å². The number of nitrogens with one attached hydrogen (secondary N) is 1.